The minimum absolute atomic E-state index is 0.0594. The first-order chi connectivity index (χ1) is 9.25. The molecule has 3 nitrogen and oxygen atoms in total. The predicted molar refractivity (Wildman–Crippen MR) is 80.6 cm³/mol. The number of aryl methyl sites for hydroxylation is 1. The molecule has 0 atom stereocenters. The van der Waals surface area contributed by atoms with E-state index in [1.54, 1.807) is 0 Å². The molecule has 1 aromatic heterocycles. The fourth-order valence-electron chi connectivity index (χ4n) is 2.53. The largest absolute Gasteiger partial charge is 0.371 e. The molecule has 1 heterocycles. The first kappa shape index (κ1) is 14.9. The van der Waals surface area contributed by atoms with Crippen LogP contribution in [-0.2, 0) is 23.3 Å². The average Bonchev–Trinajstić information content (AvgIpc) is 2.73. The molecule has 0 saturated heterocycles. The van der Waals surface area contributed by atoms with E-state index in [2.05, 4.69) is 19.2 Å². The van der Waals surface area contributed by atoms with Crippen molar-refractivity contribution in [3.8, 4) is 0 Å². The van der Waals surface area contributed by atoms with Crippen molar-refractivity contribution in [2.24, 2.45) is 0 Å². The number of hydrogen-bond acceptors (Lipinski definition) is 4. The van der Waals surface area contributed by atoms with Crippen molar-refractivity contribution < 1.29 is 4.74 Å². The molecule has 1 saturated carbocycles. The van der Waals surface area contributed by atoms with E-state index in [0.29, 0.717) is 0 Å². The van der Waals surface area contributed by atoms with E-state index < -0.39 is 0 Å². The van der Waals surface area contributed by atoms with E-state index in [1.807, 2.05) is 18.4 Å². The molecule has 0 unspecified atom stereocenters. The van der Waals surface area contributed by atoms with E-state index in [-0.39, 0.29) is 5.60 Å². The maximum atomic E-state index is 5.76. The zero-order chi connectivity index (χ0) is 13.7. The van der Waals surface area contributed by atoms with Crippen molar-refractivity contribution in [1.82, 2.24) is 10.3 Å². The highest BCUT2D eigenvalue weighted by Gasteiger charge is 2.42. The van der Waals surface area contributed by atoms with Crippen LogP contribution in [0.4, 0.5) is 0 Å². The number of ether oxygens (including phenoxy) is 1. The summed E-state index contributed by atoms with van der Waals surface area (Å²) in [4.78, 5) is 6.31. The van der Waals surface area contributed by atoms with Crippen LogP contribution in [0.1, 0.15) is 61.5 Å². The Balaban J connectivity index is 2.14. The monoisotopic (exact) mass is 282 g/mol. The van der Waals surface area contributed by atoms with Gasteiger partial charge in [-0.3, -0.25) is 0 Å². The van der Waals surface area contributed by atoms with E-state index >= 15 is 0 Å². The Kier molecular flexibility index (Phi) is 5.37. The van der Waals surface area contributed by atoms with E-state index in [1.165, 1.54) is 28.4 Å². The summed E-state index contributed by atoms with van der Waals surface area (Å²) in [7, 11) is 1.83. The summed E-state index contributed by atoms with van der Waals surface area (Å²) in [6.07, 6.45) is 6.94. The Morgan fingerprint density at radius 1 is 1.32 bits per heavy atom. The topological polar surface area (TPSA) is 34.1 Å². The molecule has 1 aromatic rings. The Bertz CT molecular complexity index is 393. The molecule has 1 N–H and O–H groups in total. The van der Waals surface area contributed by atoms with Crippen molar-refractivity contribution in [3.05, 3.63) is 15.6 Å². The van der Waals surface area contributed by atoms with E-state index in [0.717, 1.165) is 38.8 Å². The van der Waals surface area contributed by atoms with Crippen LogP contribution in [0.3, 0.4) is 0 Å². The third-order valence-electron chi connectivity index (χ3n) is 3.92. The third kappa shape index (κ3) is 3.18. The molecular weight excluding hydrogens is 256 g/mol. The quantitative estimate of drug-likeness (QED) is 0.739. The molecule has 2 rings (SSSR count). The Labute approximate surface area is 120 Å². The summed E-state index contributed by atoms with van der Waals surface area (Å²) in [5.41, 5.74) is 1.23. The van der Waals surface area contributed by atoms with E-state index in [9.17, 15) is 0 Å². The molecule has 1 aliphatic rings. The van der Waals surface area contributed by atoms with Gasteiger partial charge >= 0.3 is 0 Å². The van der Waals surface area contributed by atoms with Crippen LogP contribution < -0.4 is 5.32 Å². The first-order valence-corrected chi connectivity index (χ1v) is 8.32. The molecule has 0 spiro atoms. The van der Waals surface area contributed by atoms with Crippen molar-refractivity contribution >= 4 is 11.3 Å². The molecule has 0 aromatic carbocycles. The van der Waals surface area contributed by atoms with Crippen LogP contribution in [-0.4, -0.2) is 18.6 Å². The van der Waals surface area contributed by atoms with Gasteiger partial charge in [0.05, 0.1) is 5.69 Å². The molecule has 1 fully saturated rings. The second-order valence-corrected chi connectivity index (χ2v) is 6.45. The van der Waals surface area contributed by atoms with Crippen molar-refractivity contribution in [2.75, 3.05) is 13.7 Å². The second-order valence-electron chi connectivity index (χ2n) is 5.37. The number of hydrogen-bond donors (Lipinski definition) is 1. The molecule has 0 amide bonds. The van der Waals surface area contributed by atoms with Gasteiger partial charge in [0, 0.05) is 18.5 Å². The molecule has 4 heteroatoms. The van der Waals surface area contributed by atoms with Gasteiger partial charge in [-0.1, -0.05) is 20.3 Å². The molecule has 0 radical (unpaired) electrons. The summed E-state index contributed by atoms with van der Waals surface area (Å²) in [6, 6.07) is 0. The van der Waals surface area contributed by atoms with Crippen LogP contribution in [0.25, 0.3) is 0 Å². The standard InChI is InChI=1S/C15H26N2OS/c1-4-7-12-13(11-16-10-5-2)19-14(17-12)15(18-3)8-6-9-15/h16H,4-11H2,1-3H3. The number of nitrogens with zero attached hydrogens (tertiary/aromatic N) is 1. The Hall–Kier alpha value is -0.450. The van der Waals surface area contributed by atoms with Crippen molar-refractivity contribution in [3.63, 3.8) is 0 Å². The molecule has 19 heavy (non-hydrogen) atoms. The van der Waals surface area contributed by atoms with Gasteiger partial charge in [-0.25, -0.2) is 4.98 Å². The summed E-state index contributed by atoms with van der Waals surface area (Å²) < 4.78 is 5.76. The fourth-order valence-corrected chi connectivity index (χ4v) is 3.83. The van der Waals surface area contributed by atoms with Gasteiger partial charge in [0.15, 0.2) is 0 Å². The van der Waals surface area contributed by atoms with Crippen molar-refractivity contribution in [1.29, 1.82) is 0 Å². The average molecular weight is 282 g/mol. The Morgan fingerprint density at radius 2 is 2.11 bits per heavy atom. The minimum atomic E-state index is -0.0594. The highest BCUT2D eigenvalue weighted by Crippen LogP contribution is 2.46. The number of aromatic nitrogens is 1. The van der Waals surface area contributed by atoms with Crippen LogP contribution >= 0.6 is 11.3 Å². The lowest BCUT2D eigenvalue weighted by Gasteiger charge is -2.38. The highest BCUT2D eigenvalue weighted by molar-refractivity contribution is 7.11. The molecular formula is C15H26N2OS. The van der Waals surface area contributed by atoms with Gasteiger partial charge in [-0.2, -0.15) is 0 Å². The smallest absolute Gasteiger partial charge is 0.125 e. The zero-order valence-corrected chi connectivity index (χ0v) is 13.2. The lowest BCUT2D eigenvalue weighted by molar-refractivity contribution is -0.0780. The van der Waals surface area contributed by atoms with E-state index in [4.69, 9.17) is 9.72 Å². The zero-order valence-electron chi connectivity index (χ0n) is 12.4. The fraction of sp³-hybridized carbons (Fsp3) is 0.800. The lowest BCUT2D eigenvalue weighted by Crippen LogP contribution is -2.35. The van der Waals surface area contributed by atoms with Gasteiger partial charge < -0.3 is 10.1 Å². The summed E-state index contributed by atoms with van der Waals surface area (Å²) >= 11 is 1.86. The van der Waals surface area contributed by atoms with Gasteiger partial charge in [0.25, 0.3) is 0 Å². The van der Waals surface area contributed by atoms with Crippen LogP contribution in [0.15, 0.2) is 0 Å². The number of thiazole rings is 1. The van der Waals surface area contributed by atoms with Crippen LogP contribution in [0.5, 0.6) is 0 Å². The maximum Gasteiger partial charge on any atom is 0.125 e. The summed E-state index contributed by atoms with van der Waals surface area (Å²) in [5.74, 6) is 0. The number of methoxy groups -OCH3 is 1. The highest BCUT2D eigenvalue weighted by atomic mass is 32.1. The summed E-state index contributed by atoms with van der Waals surface area (Å²) in [5, 5.41) is 4.71. The SMILES string of the molecule is CCCNCc1sc(C2(OC)CCC2)nc1CCC. The van der Waals surface area contributed by atoms with Gasteiger partial charge in [0.1, 0.15) is 10.6 Å². The third-order valence-corrected chi connectivity index (χ3v) is 5.20. The Morgan fingerprint density at radius 3 is 2.63 bits per heavy atom. The van der Waals surface area contributed by atoms with Gasteiger partial charge in [-0.15, -0.1) is 11.3 Å². The minimum Gasteiger partial charge on any atom is -0.371 e. The maximum absolute atomic E-state index is 5.76. The van der Waals surface area contributed by atoms with Gasteiger partial charge in [-0.05, 0) is 38.6 Å². The van der Waals surface area contributed by atoms with Crippen LogP contribution in [0, 0.1) is 0 Å². The molecule has 0 aliphatic heterocycles. The van der Waals surface area contributed by atoms with Crippen molar-refractivity contribution in [2.45, 2.75) is 64.5 Å². The normalized spacial score (nSPS) is 17.4. The predicted octanol–water partition coefficient (Wildman–Crippen LogP) is 3.62. The molecule has 108 valence electrons. The number of rotatable bonds is 8. The summed E-state index contributed by atoms with van der Waals surface area (Å²) in [6.45, 7) is 6.46. The molecule has 1 aliphatic carbocycles. The van der Waals surface area contributed by atoms with Gasteiger partial charge in [0.2, 0.25) is 0 Å². The lowest BCUT2D eigenvalue weighted by atomic mass is 9.80. The number of nitrogens with one attached hydrogen (secondary N) is 1. The first-order valence-electron chi connectivity index (χ1n) is 7.50. The van der Waals surface area contributed by atoms with Crippen LogP contribution in [0.2, 0.25) is 0 Å². The molecule has 0 bridgehead atoms. The second kappa shape index (κ2) is 6.82.